The Labute approximate surface area is 105 Å². The number of rotatable bonds is 2. The van der Waals surface area contributed by atoms with Gasteiger partial charge in [-0.25, -0.2) is 0 Å². The molecule has 2 aliphatic rings. The second-order valence-electron chi connectivity index (χ2n) is 6.84. The summed E-state index contributed by atoms with van der Waals surface area (Å²) in [4.78, 5) is 0. The molecule has 1 unspecified atom stereocenters. The number of hydrogen-bond donors (Lipinski definition) is 1. The number of hydrogen-bond acceptors (Lipinski definition) is 3. The minimum atomic E-state index is -0.399. The largest absolute Gasteiger partial charge is 0.349 e. The van der Waals surface area contributed by atoms with Gasteiger partial charge in [0.25, 0.3) is 0 Å². The Morgan fingerprint density at radius 1 is 1.00 bits per heavy atom. The molecule has 2 fully saturated rings. The SMILES string of the molecule is CC1(C)CCCC(NC2COC(C)(C)OC2)C1. The predicted octanol–water partition coefficient (Wildman–Crippen LogP) is 2.70. The fraction of sp³-hybridized carbons (Fsp3) is 1.00. The third-order valence-electron chi connectivity index (χ3n) is 3.94. The van der Waals surface area contributed by atoms with Crippen molar-refractivity contribution in [1.29, 1.82) is 0 Å². The van der Waals surface area contributed by atoms with Crippen molar-refractivity contribution in [2.24, 2.45) is 5.41 Å². The van der Waals surface area contributed by atoms with Gasteiger partial charge in [-0.2, -0.15) is 0 Å². The van der Waals surface area contributed by atoms with Gasteiger partial charge in [0.1, 0.15) is 0 Å². The summed E-state index contributed by atoms with van der Waals surface area (Å²) in [6.45, 7) is 10.2. The first-order valence-corrected chi connectivity index (χ1v) is 6.90. The molecule has 1 saturated heterocycles. The van der Waals surface area contributed by atoms with Crippen LogP contribution in [0.5, 0.6) is 0 Å². The van der Waals surface area contributed by atoms with Gasteiger partial charge in [-0.15, -0.1) is 0 Å². The van der Waals surface area contributed by atoms with E-state index in [9.17, 15) is 0 Å². The molecule has 3 heteroatoms. The topological polar surface area (TPSA) is 30.5 Å². The number of nitrogens with one attached hydrogen (secondary N) is 1. The summed E-state index contributed by atoms with van der Waals surface area (Å²) in [7, 11) is 0. The summed E-state index contributed by atoms with van der Waals surface area (Å²) in [5, 5.41) is 3.70. The van der Waals surface area contributed by atoms with Gasteiger partial charge in [-0.3, -0.25) is 0 Å². The molecule has 17 heavy (non-hydrogen) atoms. The molecular formula is C14H27NO2. The highest BCUT2D eigenvalue weighted by molar-refractivity contribution is 4.86. The van der Waals surface area contributed by atoms with Gasteiger partial charge in [-0.1, -0.05) is 20.3 Å². The van der Waals surface area contributed by atoms with E-state index in [1.54, 1.807) is 0 Å². The van der Waals surface area contributed by atoms with E-state index in [-0.39, 0.29) is 0 Å². The van der Waals surface area contributed by atoms with Crippen LogP contribution in [0, 0.1) is 5.41 Å². The molecule has 0 bridgehead atoms. The van der Waals surface area contributed by atoms with Crippen LogP contribution >= 0.6 is 0 Å². The van der Waals surface area contributed by atoms with Crippen molar-refractivity contribution in [2.75, 3.05) is 13.2 Å². The third kappa shape index (κ3) is 3.94. The molecule has 0 aromatic heterocycles. The van der Waals surface area contributed by atoms with Crippen molar-refractivity contribution in [3.8, 4) is 0 Å². The van der Waals surface area contributed by atoms with Crippen molar-refractivity contribution in [3.63, 3.8) is 0 Å². The van der Waals surface area contributed by atoms with Crippen molar-refractivity contribution < 1.29 is 9.47 Å². The van der Waals surface area contributed by atoms with Crippen LogP contribution in [0.2, 0.25) is 0 Å². The van der Waals surface area contributed by atoms with Gasteiger partial charge in [0, 0.05) is 6.04 Å². The van der Waals surface area contributed by atoms with Crippen LogP contribution in [-0.2, 0) is 9.47 Å². The quantitative estimate of drug-likeness (QED) is 0.806. The standard InChI is InChI=1S/C14H27NO2/c1-13(2)7-5-6-11(8-13)15-12-9-16-14(3,4)17-10-12/h11-12,15H,5-10H2,1-4H3. The molecule has 1 heterocycles. The summed E-state index contributed by atoms with van der Waals surface area (Å²) in [5.74, 6) is -0.399. The molecule has 2 rings (SSSR count). The highest BCUT2D eigenvalue weighted by Gasteiger charge is 2.32. The molecule has 0 aromatic rings. The Bertz CT molecular complexity index is 253. The second-order valence-corrected chi connectivity index (χ2v) is 6.84. The lowest BCUT2D eigenvalue weighted by Crippen LogP contribution is -2.52. The molecule has 1 N–H and O–H groups in total. The molecule has 0 amide bonds. The van der Waals surface area contributed by atoms with E-state index in [4.69, 9.17) is 9.47 Å². The normalized spacial score (nSPS) is 33.5. The molecule has 1 saturated carbocycles. The lowest BCUT2D eigenvalue weighted by molar-refractivity contribution is -0.253. The molecule has 1 aliphatic carbocycles. The van der Waals surface area contributed by atoms with Gasteiger partial charge in [0.2, 0.25) is 0 Å². The molecule has 0 aromatic carbocycles. The minimum absolute atomic E-state index is 0.363. The van der Waals surface area contributed by atoms with E-state index in [0.717, 1.165) is 13.2 Å². The van der Waals surface area contributed by atoms with E-state index in [1.807, 2.05) is 13.8 Å². The summed E-state index contributed by atoms with van der Waals surface area (Å²) in [6.07, 6.45) is 5.26. The minimum Gasteiger partial charge on any atom is -0.349 e. The van der Waals surface area contributed by atoms with Crippen LogP contribution in [0.4, 0.5) is 0 Å². The van der Waals surface area contributed by atoms with Crippen LogP contribution in [0.3, 0.4) is 0 Å². The lowest BCUT2D eigenvalue weighted by atomic mass is 9.75. The van der Waals surface area contributed by atoms with Crippen molar-refractivity contribution in [3.05, 3.63) is 0 Å². The zero-order chi connectivity index (χ0) is 12.5. The van der Waals surface area contributed by atoms with E-state index >= 15 is 0 Å². The molecule has 3 nitrogen and oxygen atoms in total. The summed E-state index contributed by atoms with van der Waals surface area (Å²) < 4.78 is 11.4. The Hall–Kier alpha value is -0.120. The van der Waals surface area contributed by atoms with Crippen LogP contribution in [0.15, 0.2) is 0 Å². The monoisotopic (exact) mass is 241 g/mol. The maximum atomic E-state index is 5.69. The van der Waals surface area contributed by atoms with Crippen LogP contribution in [-0.4, -0.2) is 31.1 Å². The lowest BCUT2D eigenvalue weighted by Gasteiger charge is -2.40. The van der Waals surface area contributed by atoms with E-state index in [2.05, 4.69) is 19.2 Å². The first-order valence-electron chi connectivity index (χ1n) is 6.90. The Morgan fingerprint density at radius 2 is 1.65 bits per heavy atom. The highest BCUT2D eigenvalue weighted by atomic mass is 16.7. The van der Waals surface area contributed by atoms with Gasteiger partial charge in [-0.05, 0) is 38.5 Å². The average Bonchev–Trinajstić information content (AvgIpc) is 2.20. The van der Waals surface area contributed by atoms with Crippen LogP contribution in [0.25, 0.3) is 0 Å². The van der Waals surface area contributed by atoms with Gasteiger partial charge >= 0.3 is 0 Å². The average molecular weight is 241 g/mol. The highest BCUT2D eigenvalue weighted by Crippen LogP contribution is 2.35. The maximum Gasteiger partial charge on any atom is 0.162 e. The van der Waals surface area contributed by atoms with Gasteiger partial charge in [0.05, 0.1) is 19.3 Å². The van der Waals surface area contributed by atoms with Crippen molar-refractivity contribution in [1.82, 2.24) is 5.32 Å². The Morgan fingerprint density at radius 3 is 2.24 bits per heavy atom. The summed E-state index contributed by atoms with van der Waals surface area (Å²) >= 11 is 0. The Kier molecular flexibility index (Phi) is 3.81. The van der Waals surface area contributed by atoms with E-state index in [0.29, 0.717) is 17.5 Å². The van der Waals surface area contributed by atoms with E-state index in [1.165, 1.54) is 25.7 Å². The molecule has 100 valence electrons. The first kappa shape index (κ1) is 13.3. The fourth-order valence-electron chi connectivity index (χ4n) is 2.96. The molecular weight excluding hydrogens is 214 g/mol. The Balaban J connectivity index is 1.78. The second kappa shape index (κ2) is 4.87. The zero-order valence-electron chi connectivity index (χ0n) is 11.7. The van der Waals surface area contributed by atoms with Crippen LogP contribution < -0.4 is 5.32 Å². The van der Waals surface area contributed by atoms with E-state index < -0.39 is 5.79 Å². The fourth-order valence-corrected chi connectivity index (χ4v) is 2.96. The molecule has 1 aliphatic heterocycles. The maximum absolute atomic E-state index is 5.69. The molecule has 0 spiro atoms. The molecule has 0 radical (unpaired) electrons. The summed E-state index contributed by atoms with van der Waals surface area (Å²) in [5.41, 5.74) is 0.492. The van der Waals surface area contributed by atoms with Gasteiger partial charge < -0.3 is 14.8 Å². The predicted molar refractivity (Wildman–Crippen MR) is 68.9 cm³/mol. The first-order chi connectivity index (χ1) is 7.86. The van der Waals surface area contributed by atoms with Crippen molar-refractivity contribution in [2.45, 2.75) is 71.2 Å². The zero-order valence-corrected chi connectivity index (χ0v) is 11.7. The third-order valence-corrected chi connectivity index (χ3v) is 3.94. The van der Waals surface area contributed by atoms with Gasteiger partial charge in [0.15, 0.2) is 5.79 Å². The molecule has 1 atom stereocenters. The number of ether oxygens (including phenoxy) is 2. The van der Waals surface area contributed by atoms with Crippen molar-refractivity contribution >= 4 is 0 Å². The smallest absolute Gasteiger partial charge is 0.162 e. The van der Waals surface area contributed by atoms with Crippen LogP contribution in [0.1, 0.15) is 53.4 Å². The summed E-state index contributed by atoms with van der Waals surface area (Å²) in [6, 6.07) is 0.999.